The molecule has 1 heterocycles. The number of aryl methyl sites for hydroxylation is 2. The Bertz CT molecular complexity index is 1100. The first-order valence-electron chi connectivity index (χ1n) is 8.65. The van der Waals surface area contributed by atoms with Crippen LogP contribution in [0.1, 0.15) is 19.4 Å². The fourth-order valence-electron chi connectivity index (χ4n) is 2.74. The summed E-state index contributed by atoms with van der Waals surface area (Å²) in [5.74, 6) is 0.693. The largest absolute Gasteiger partial charge is 0.492 e. The minimum atomic E-state index is -3.71. The van der Waals surface area contributed by atoms with Crippen molar-refractivity contribution < 1.29 is 13.2 Å². The van der Waals surface area contributed by atoms with Crippen LogP contribution < -0.4 is 14.3 Å². The molecule has 3 aromatic rings. The molecular formula is C19H22N2O4S2. The average Bonchev–Trinajstić information content (AvgIpc) is 2.95. The van der Waals surface area contributed by atoms with Gasteiger partial charge in [-0.3, -0.25) is 9.36 Å². The van der Waals surface area contributed by atoms with E-state index in [2.05, 4.69) is 4.72 Å². The number of aromatic nitrogens is 1. The van der Waals surface area contributed by atoms with Crippen molar-refractivity contribution in [1.82, 2.24) is 9.29 Å². The highest BCUT2D eigenvalue weighted by Crippen LogP contribution is 2.22. The Balaban J connectivity index is 1.72. The van der Waals surface area contributed by atoms with E-state index < -0.39 is 16.1 Å². The standard InChI is InChI=1S/C19H22N2O4S2/c1-4-21-17-10-9-16(11-18(17)26-19(21)22)27(23,24)20-14(3)12-25-15-7-5-13(2)6-8-15/h5-11,14,20H,4,12H2,1-3H3/t14-/m1/s1. The Morgan fingerprint density at radius 3 is 2.56 bits per heavy atom. The molecule has 0 aliphatic heterocycles. The number of thiazole rings is 1. The molecule has 0 aliphatic rings. The summed E-state index contributed by atoms with van der Waals surface area (Å²) in [6, 6.07) is 11.9. The van der Waals surface area contributed by atoms with Gasteiger partial charge in [-0.1, -0.05) is 29.0 Å². The molecule has 0 bridgehead atoms. The van der Waals surface area contributed by atoms with E-state index in [-0.39, 0.29) is 16.4 Å². The number of ether oxygens (including phenoxy) is 1. The molecule has 3 rings (SSSR count). The molecule has 0 spiro atoms. The smallest absolute Gasteiger partial charge is 0.308 e. The van der Waals surface area contributed by atoms with Gasteiger partial charge in [0.1, 0.15) is 12.4 Å². The van der Waals surface area contributed by atoms with Gasteiger partial charge < -0.3 is 4.74 Å². The van der Waals surface area contributed by atoms with Crippen LogP contribution in [0.4, 0.5) is 0 Å². The van der Waals surface area contributed by atoms with Crippen molar-refractivity contribution in [1.29, 1.82) is 0 Å². The lowest BCUT2D eigenvalue weighted by atomic mass is 10.2. The maximum atomic E-state index is 12.7. The van der Waals surface area contributed by atoms with E-state index in [1.807, 2.05) is 38.1 Å². The summed E-state index contributed by atoms with van der Waals surface area (Å²) in [7, 11) is -3.71. The zero-order chi connectivity index (χ0) is 19.6. The highest BCUT2D eigenvalue weighted by Gasteiger charge is 2.19. The van der Waals surface area contributed by atoms with Crippen molar-refractivity contribution in [2.24, 2.45) is 0 Å². The first kappa shape index (κ1) is 19.6. The third-order valence-electron chi connectivity index (χ3n) is 4.14. The van der Waals surface area contributed by atoms with E-state index in [1.54, 1.807) is 23.6 Å². The van der Waals surface area contributed by atoms with Crippen LogP contribution in [0.2, 0.25) is 0 Å². The van der Waals surface area contributed by atoms with Gasteiger partial charge in [0, 0.05) is 6.54 Å². The lowest BCUT2D eigenvalue weighted by Gasteiger charge is -2.15. The number of benzene rings is 2. The predicted octanol–water partition coefficient (Wildman–Crippen LogP) is 3.14. The number of sulfonamides is 1. The number of nitrogens with zero attached hydrogens (tertiary/aromatic N) is 1. The van der Waals surface area contributed by atoms with Gasteiger partial charge in [0.05, 0.1) is 21.2 Å². The summed E-state index contributed by atoms with van der Waals surface area (Å²) < 4.78 is 35.9. The Morgan fingerprint density at radius 1 is 1.19 bits per heavy atom. The first-order chi connectivity index (χ1) is 12.8. The molecule has 2 aromatic carbocycles. The summed E-state index contributed by atoms with van der Waals surface area (Å²) in [4.78, 5) is 12.0. The van der Waals surface area contributed by atoms with Gasteiger partial charge in [-0.05, 0) is 51.1 Å². The van der Waals surface area contributed by atoms with Gasteiger partial charge in [0.15, 0.2) is 0 Å². The molecule has 1 N–H and O–H groups in total. The normalized spacial score (nSPS) is 13.0. The summed E-state index contributed by atoms with van der Waals surface area (Å²) in [5, 5.41) is 0. The number of hydrogen-bond acceptors (Lipinski definition) is 5. The van der Waals surface area contributed by atoms with E-state index in [0.717, 1.165) is 22.4 Å². The molecule has 0 radical (unpaired) electrons. The highest BCUT2D eigenvalue weighted by molar-refractivity contribution is 7.89. The van der Waals surface area contributed by atoms with Crippen LogP contribution >= 0.6 is 11.3 Å². The zero-order valence-electron chi connectivity index (χ0n) is 15.4. The van der Waals surface area contributed by atoms with Crippen LogP contribution in [0, 0.1) is 6.92 Å². The summed E-state index contributed by atoms with van der Waals surface area (Å²) in [5.41, 5.74) is 1.88. The molecule has 1 atom stereocenters. The van der Waals surface area contributed by atoms with Gasteiger partial charge in [-0.25, -0.2) is 13.1 Å². The molecule has 0 aliphatic carbocycles. The maximum absolute atomic E-state index is 12.7. The molecule has 0 saturated carbocycles. The lowest BCUT2D eigenvalue weighted by molar-refractivity contribution is 0.287. The van der Waals surface area contributed by atoms with E-state index in [0.29, 0.717) is 17.0 Å². The Kier molecular flexibility index (Phi) is 5.69. The van der Waals surface area contributed by atoms with Crippen LogP contribution in [0.15, 0.2) is 52.2 Å². The number of hydrogen-bond donors (Lipinski definition) is 1. The van der Waals surface area contributed by atoms with E-state index >= 15 is 0 Å². The minimum absolute atomic E-state index is 0.0881. The van der Waals surface area contributed by atoms with Crippen molar-refractivity contribution >= 4 is 31.6 Å². The Hall–Kier alpha value is -2.16. The monoisotopic (exact) mass is 406 g/mol. The molecule has 0 amide bonds. The van der Waals surface area contributed by atoms with Crippen LogP contribution in [-0.4, -0.2) is 25.6 Å². The molecule has 144 valence electrons. The van der Waals surface area contributed by atoms with Gasteiger partial charge >= 0.3 is 4.87 Å². The maximum Gasteiger partial charge on any atom is 0.308 e. The third-order valence-corrected chi connectivity index (χ3v) is 6.67. The molecule has 8 heteroatoms. The van der Waals surface area contributed by atoms with Crippen LogP contribution in [0.5, 0.6) is 5.75 Å². The lowest BCUT2D eigenvalue weighted by Crippen LogP contribution is -2.36. The number of fused-ring (bicyclic) bond motifs is 1. The third kappa shape index (κ3) is 4.40. The van der Waals surface area contributed by atoms with Gasteiger partial charge in [0.25, 0.3) is 0 Å². The first-order valence-corrected chi connectivity index (χ1v) is 11.0. The van der Waals surface area contributed by atoms with Crippen molar-refractivity contribution in [3.05, 3.63) is 57.7 Å². The Morgan fingerprint density at radius 2 is 1.89 bits per heavy atom. The topological polar surface area (TPSA) is 77.4 Å². The van der Waals surface area contributed by atoms with Gasteiger partial charge in [0.2, 0.25) is 10.0 Å². The second-order valence-electron chi connectivity index (χ2n) is 6.39. The molecule has 27 heavy (non-hydrogen) atoms. The van der Waals surface area contributed by atoms with E-state index in [1.165, 1.54) is 6.07 Å². The van der Waals surface area contributed by atoms with Crippen LogP contribution in [0.3, 0.4) is 0 Å². The van der Waals surface area contributed by atoms with Crippen molar-refractivity contribution in [3.63, 3.8) is 0 Å². The van der Waals surface area contributed by atoms with Gasteiger partial charge in [-0.15, -0.1) is 0 Å². The van der Waals surface area contributed by atoms with Crippen molar-refractivity contribution in [2.45, 2.75) is 38.3 Å². The van der Waals surface area contributed by atoms with Crippen LogP contribution in [0.25, 0.3) is 10.2 Å². The Labute approximate surface area is 162 Å². The van der Waals surface area contributed by atoms with E-state index in [9.17, 15) is 13.2 Å². The number of rotatable bonds is 7. The summed E-state index contributed by atoms with van der Waals surface area (Å²) >= 11 is 1.05. The molecular weight excluding hydrogens is 384 g/mol. The fraction of sp³-hybridized carbons (Fsp3) is 0.316. The molecule has 0 unspecified atom stereocenters. The zero-order valence-corrected chi connectivity index (χ0v) is 17.1. The van der Waals surface area contributed by atoms with Crippen molar-refractivity contribution in [2.75, 3.05) is 6.61 Å². The minimum Gasteiger partial charge on any atom is -0.492 e. The quantitative estimate of drug-likeness (QED) is 0.654. The second-order valence-corrected chi connectivity index (χ2v) is 9.10. The molecule has 6 nitrogen and oxygen atoms in total. The fourth-order valence-corrected chi connectivity index (χ4v) is 5.06. The van der Waals surface area contributed by atoms with Crippen LogP contribution in [-0.2, 0) is 16.6 Å². The molecule has 1 aromatic heterocycles. The highest BCUT2D eigenvalue weighted by atomic mass is 32.2. The van der Waals surface area contributed by atoms with E-state index in [4.69, 9.17) is 4.74 Å². The SMILES string of the molecule is CCn1c(=O)sc2cc(S(=O)(=O)N[C@H](C)COc3ccc(C)cc3)ccc21. The predicted molar refractivity (Wildman–Crippen MR) is 108 cm³/mol. The molecule has 0 fully saturated rings. The second kappa shape index (κ2) is 7.84. The average molecular weight is 407 g/mol. The number of nitrogens with one attached hydrogen (secondary N) is 1. The van der Waals surface area contributed by atoms with Crippen molar-refractivity contribution in [3.8, 4) is 5.75 Å². The summed E-state index contributed by atoms with van der Waals surface area (Å²) in [6.07, 6.45) is 0. The molecule has 0 saturated heterocycles. The summed E-state index contributed by atoms with van der Waals surface area (Å²) in [6.45, 7) is 6.38. The van der Waals surface area contributed by atoms with Gasteiger partial charge in [-0.2, -0.15) is 0 Å².